The smallest absolute Gasteiger partial charge is 0.317 e. The lowest BCUT2D eigenvalue weighted by atomic mass is 10.1. The summed E-state index contributed by atoms with van der Waals surface area (Å²) >= 11 is 0. The molecule has 2 amide bonds. The fourth-order valence-corrected chi connectivity index (χ4v) is 3.00. The van der Waals surface area contributed by atoms with Crippen molar-refractivity contribution < 1.29 is 9.21 Å². The molecule has 1 aliphatic heterocycles. The van der Waals surface area contributed by atoms with Crippen molar-refractivity contribution in [1.29, 1.82) is 0 Å². The minimum absolute atomic E-state index is 0.0469. The van der Waals surface area contributed by atoms with Crippen molar-refractivity contribution in [2.45, 2.75) is 26.8 Å². The molecule has 2 aromatic rings. The number of aromatic nitrogens is 2. The van der Waals surface area contributed by atoms with Gasteiger partial charge in [0.2, 0.25) is 5.95 Å². The van der Waals surface area contributed by atoms with Gasteiger partial charge in [-0.05, 0) is 32.9 Å². The molecule has 1 atom stereocenters. The molecule has 0 spiro atoms. The largest absolute Gasteiger partial charge is 0.466 e. The fraction of sp³-hybridized carbons (Fsp3) is 0.471. The van der Waals surface area contributed by atoms with Gasteiger partial charge in [-0.15, -0.1) is 0 Å². The number of carbonyl (C=O) groups is 1. The van der Waals surface area contributed by atoms with E-state index in [1.807, 2.05) is 31.7 Å². The summed E-state index contributed by atoms with van der Waals surface area (Å²) in [5.41, 5.74) is 1.03. The number of urea groups is 1. The Hall–Kier alpha value is -2.57. The number of anilines is 1. The second-order valence-corrected chi connectivity index (χ2v) is 6.06. The van der Waals surface area contributed by atoms with Gasteiger partial charge in [0.1, 0.15) is 11.5 Å². The third-order valence-electron chi connectivity index (χ3n) is 4.29. The highest BCUT2D eigenvalue weighted by atomic mass is 16.3. The highest BCUT2D eigenvalue weighted by Crippen LogP contribution is 2.21. The first-order chi connectivity index (χ1) is 11.5. The Morgan fingerprint density at radius 3 is 2.46 bits per heavy atom. The quantitative estimate of drug-likeness (QED) is 0.935. The van der Waals surface area contributed by atoms with Crippen molar-refractivity contribution in [3.8, 4) is 0 Å². The summed E-state index contributed by atoms with van der Waals surface area (Å²) in [5, 5.41) is 3.05. The van der Waals surface area contributed by atoms with E-state index >= 15 is 0 Å². The number of furan rings is 1. The van der Waals surface area contributed by atoms with Gasteiger partial charge in [0.15, 0.2) is 0 Å². The van der Waals surface area contributed by atoms with Crippen molar-refractivity contribution >= 4 is 12.0 Å². The molecule has 1 fully saturated rings. The molecule has 3 rings (SSSR count). The van der Waals surface area contributed by atoms with Crippen LogP contribution in [-0.4, -0.2) is 47.1 Å². The SMILES string of the molecule is Cc1cc(C(C)NC(=O)N2CCN(c3ncccn3)CC2)c(C)o1. The molecule has 0 aliphatic carbocycles. The van der Waals surface area contributed by atoms with Crippen molar-refractivity contribution in [3.63, 3.8) is 0 Å². The number of piperazine rings is 1. The monoisotopic (exact) mass is 329 g/mol. The molecule has 1 unspecified atom stereocenters. The number of nitrogens with zero attached hydrogens (tertiary/aromatic N) is 4. The van der Waals surface area contributed by atoms with Crippen molar-refractivity contribution in [3.05, 3.63) is 41.6 Å². The molecule has 1 saturated heterocycles. The summed E-state index contributed by atoms with van der Waals surface area (Å²) in [4.78, 5) is 24.9. The van der Waals surface area contributed by atoms with E-state index in [0.717, 1.165) is 36.1 Å². The summed E-state index contributed by atoms with van der Waals surface area (Å²) < 4.78 is 5.54. The summed E-state index contributed by atoms with van der Waals surface area (Å²) in [6.07, 6.45) is 3.47. The lowest BCUT2D eigenvalue weighted by molar-refractivity contribution is 0.191. The van der Waals surface area contributed by atoms with Crippen molar-refractivity contribution in [2.75, 3.05) is 31.1 Å². The second kappa shape index (κ2) is 6.90. The number of amides is 2. The van der Waals surface area contributed by atoms with Gasteiger partial charge >= 0.3 is 6.03 Å². The fourth-order valence-electron chi connectivity index (χ4n) is 3.00. The van der Waals surface area contributed by atoms with Crippen LogP contribution in [0.25, 0.3) is 0 Å². The molecule has 0 saturated carbocycles. The zero-order valence-corrected chi connectivity index (χ0v) is 14.3. The molecule has 0 radical (unpaired) electrons. The zero-order chi connectivity index (χ0) is 17.1. The number of carbonyl (C=O) groups excluding carboxylic acids is 1. The van der Waals surface area contributed by atoms with Crippen molar-refractivity contribution in [2.24, 2.45) is 0 Å². The van der Waals surface area contributed by atoms with Gasteiger partial charge in [-0.2, -0.15) is 0 Å². The summed E-state index contributed by atoms with van der Waals surface area (Å²) in [7, 11) is 0. The van der Waals surface area contributed by atoms with Gasteiger partial charge < -0.3 is 19.5 Å². The average Bonchev–Trinajstić information content (AvgIpc) is 2.94. The maximum atomic E-state index is 12.5. The van der Waals surface area contributed by atoms with Gasteiger partial charge in [-0.3, -0.25) is 0 Å². The van der Waals surface area contributed by atoms with Crippen LogP contribution in [0.1, 0.15) is 30.0 Å². The second-order valence-electron chi connectivity index (χ2n) is 6.06. The van der Waals surface area contributed by atoms with Gasteiger partial charge in [0, 0.05) is 44.1 Å². The number of nitrogens with one attached hydrogen (secondary N) is 1. The van der Waals surface area contributed by atoms with Crippen LogP contribution in [0.5, 0.6) is 0 Å². The summed E-state index contributed by atoms with van der Waals surface area (Å²) in [5.74, 6) is 2.43. The number of rotatable bonds is 3. The first kappa shape index (κ1) is 16.3. The van der Waals surface area contributed by atoms with Crippen LogP contribution in [0.3, 0.4) is 0 Å². The number of hydrogen-bond donors (Lipinski definition) is 1. The standard InChI is InChI=1S/C17H23N5O2/c1-12-11-15(14(3)24-12)13(2)20-17(23)22-9-7-21(8-10-22)16-18-5-4-6-19-16/h4-6,11,13H,7-10H2,1-3H3,(H,20,23). The molecule has 7 heteroatoms. The highest BCUT2D eigenvalue weighted by molar-refractivity contribution is 5.75. The predicted molar refractivity (Wildman–Crippen MR) is 90.9 cm³/mol. The van der Waals surface area contributed by atoms with E-state index in [4.69, 9.17) is 4.42 Å². The van der Waals surface area contributed by atoms with E-state index in [9.17, 15) is 4.79 Å². The summed E-state index contributed by atoms with van der Waals surface area (Å²) in [6, 6.07) is 3.65. The molecular weight excluding hydrogens is 306 g/mol. The normalized spacial score (nSPS) is 16.1. The van der Waals surface area contributed by atoms with E-state index in [1.165, 1.54) is 0 Å². The molecule has 1 aliphatic rings. The lowest BCUT2D eigenvalue weighted by Crippen LogP contribution is -2.52. The van der Waals surface area contributed by atoms with Crippen LogP contribution < -0.4 is 10.2 Å². The van der Waals surface area contributed by atoms with Crippen LogP contribution in [-0.2, 0) is 0 Å². The third-order valence-corrected chi connectivity index (χ3v) is 4.29. The molecule has 2 aromatic heterocycles. The van der Waals surface area contributed by atoms with Gasteiger partial charge in [-0.1, -0.05) is 0 Å². The maximum Gasteiger partial charge on any atom is 0.317 e. The first-order valence-electron chi connectivity index (χ1n) is 8.19. The Kier molecular flexibility index (Phi) is 4.69. The third kappa shape index (κ3) is 3.50. The predicted octanol–water partition coefficient (Wildman–Crippen LogP) is 2.28. The van der Waals surface area contributed by atoms with Crippen LogP contribution >= 0.6 is 0 Å². The van der Waals surface area contributed by atoms with E-state index in [1.54, 1.807) is 18.5 Å². The van der Waals surface area contributed by atoms with Crippen LogP contribution in [0.4, 0.5) is 10.7 Å². The minimum Gasteiger partial charge on any atom is -0.466 e. The number of aryl methyl sites for hydroxylation is 2. The maximum absolute atomic E-state index is 12.5. The first-order valence-corrected chi connectivity index (χ1v) is 8.19. The molecule has 24 heavy (non-hydrogen) atoms. The van der Waals surface area contributed by atoms with Crippen molar-refractivity contribution in [1.82, 2.24) is 20.2 Å². The van der Waals surface area contributed by atoms with E-state index in [-0.39, 0.29) is 12.1 Å². The molecule has 0 aromatic carbocycles. The highest BCUT2D eigenvalue weighted by Gasteiger charge is 2.24. The van der Waals surface area contributed by atoms with E-state index in [0.29, 0.717) is 13.1 Å². The Balaban J connectivity index is 1.54. The molecule has 1 N–H and O–H groups in total. The lowest BCUT2D eigenvalue weighted by Gasteiger charge is -2.35. The molecule has 0 bridgehead atoms. The Morgan fingerprint density at radius 2 is 1.88 bits per heavy atom. The van der Waals surface area contributed by atoms with E-state index < -0.39 is 0 Å². The van der Waals surface area contributed by atoms with Gasteiger partial charge in [0.25, 0.3) is 0 Å². The Morgan fingerprint density at radius 1 is 1.21 bits per heavy atom. The van der Waals surface area contributed by atoms with E-state index in [2.05, 4.69) is 20.2 Å². The zero-order valence-electron chi connectivity index (χ0n) is 14.3. The summed E-state index contributed by atoms with van der Waals surface area (Å²) in [6.45, 7) is 8.58. The molecule has 3 heterocycles. The number of hydrogen-bond acceptors (Lipinski definition) is 5. The van der Waals surface area contributed by atoms with Crippen LogP contribution in [0, 0.1) is 13.8 Å². The Labute approximate surface area is 141 Å². The van der Waals surface area contributed by atoms with Gasteiger partial charge in [0.05, 0.1) is 6.04 Å². The minimum atomic E-state index is -0.0783. The van der Waals surface area contributed by atoms with Crippen LogP contribution in [0.2, 0.25) is 0 Å². The van der Waals surface area contributed by atoms with Crippen LogP contribution in [0.15, 0.2) is 28.9 Å². The average molecular weight is 329 g/mol. The molecule has 7 nitrogen and oxygen atoms in total. The molecule has 128 valence electrons. The topological polar surface area (TPSA) is 74.5 Å². The molecular formula is C17H23N5O2. The Bertz CT molecular complexity index is 692. The van der Waals surface area contributed by atoms with Gasteiger partial charge in [-0.25, -0.2) is 14.8 Å².